The Bertz CT molecular complexity index is 1260. The number of hydrogen-bond acceptors (Lipinski definition) is 3. The standard InChI is InChI=1S/C25H23Cl3N4O/c1-2-18-21(23-29-24(33)25(30-23)12-4-3-5-13-25)31-32(20-11-10-17(27)14-19(20)28)22(18)15-6-8-16(26)9-7-15/h6-11,14H,2-5,12-13H2,1H3,(H,29,30,33). The van der Waals surface area contributed by atoms with Crippen LogP contribution in [0.25, 0.3) is 16.9 Å². The molecule has 5 nitrogen and oxygen atoms in total. The minimum atomic E-state index is -0.666. The number of halogens is 3. The van der Waals surface area contributed by atoms with Gasteiger partial charge >= 0.3 is 0 Å². The van der Waals surface area contributed by atoms with Gasteiger partial charge in [0.15, 0.2) is 5.84 Å². The van der Waals surface area contributed by atoms with Crippen molar-refractivity contribution in [1.29, 1.82) is 0 Å². The third-order valence-electron chi connectivity index (χ3n) is 6.48. The predicted molar refractivity (Wildman–Crippen MR) is 134 cm³/mol. The molecule has 0 radical (unpaired) electrons. The number of benzene rings is 2. The van der Waals surface area contributed by atoms with E-state index in [0.29, 0.717) is 38.7 Å². The van der Waals surface area contributed by atoms with Crippen molar-refractivity contribution in [3.63, 3.8) is 0 Å². The number of hydrogen-bond donors (Lipinski definition) is 1. The summed E-state index contributed by atoms with van der Waals surface area (Å²) in [5, 5.41) is 9.67. The summed E-state index contributed by atoms with van der Waals surface area (Å²) in [6.07, 6.45) is 5.41. The third-order valence-corrected chi connectivity index (χ3v) is 7.27. The molecular weight excluding hydrogens is 479 g/mol. The summed E-state index contributed by atoms with van der Waals surface area (Å²) in [7, 11) is 0. The number of nitrogens with zero attached hydrogens (tertiary/aromatic N) is 3. The van der Waals surface area contributed by atoms with Gasteiger partial charge in [0.25, 0.3) is 5.91 Å². The molecule has 0 saturated heterocycles. The number of carbonyl (C=O) groups is 1. The second-order valence-electron chi connectivity index (χ2n) is 8.55. The Hall–Kier alpha value is -2.34. The Kier molecular flexibility index (Phi) is 5.98. The zero-order valence-corrected chi connectivity index (χ0v) is 20.4. The highest BCUT2D eigenvalue weighted by Crippen LogP contribution is 2.38. The lowest BCUT2D eigenvalue weighted by Gasteiger charge is -2.27. The van der Waals surface area contributed by atoms with Crippen molar-refractivity contribution in [2.45, 2.75) is 51.0 Å². The fraction of sp³-hybridized carbons (Fsp3) is 0.320. The molecule has 1 N–H and O–H groups in total. The number of carbonyl (C=O) groups excluding carboxylic acids is 1. The first-order valence-electron chi connectivity index (χ1n) is 11.2. The summed E-state index contributed by atoms with van der Waals surface area (Å²) < 4.78 is 1.82. The largest absolute Gasteiger partial charge is 0.307 e. The number of rotatable bonds is 4. The highest BCUT2D eigenvalue weighted by Gasteiger charge is 2.45. The summed E-state index contributed by atoms with van der Waals surface area (Å²) in [5.41, 5.74) is 3.51. The van der Waals surface area contributed by atoms with Gasteiger partial charge in [-0.1, -0.05) is 73.1 Å². The van der Waals surface area contributed by atoms with Gasteiger partial charge in [-0.3, -0.25) is 4.79 Å². The average Bonchev–Trinajstić information content (AvgIpc) is 3.33. The highest BCUT2D eigenvalue weighted by molar-refractivity contribution is 6.35. The van der Waals surface area contributed by atoms with E-state index in [1.165, 1.54) is 0 Å². The van der Waals surface area contributed by atoms with Crippen LogP contribution in [0.1, 0.15) is 50.3 Å². The lowest BCUT2D eigenvalue weighted by Crippen LogP contribution is -2.41. The van der Waals surface area contributed by atoms with Crippen LogP contribution in [0.5, 0.6) is 0 Å². The molecule has 2 heterocycles. The maximum Gasteiger partial charge on any atom is 0.253 e. The fourth-order valence-electron chi connectivity index (χ4n) is 4.81. The second-order valence-corrected chi connectivity index (χ2v) is 9.83. The van der Waals surface area contributed by atoms with Crippen LogP contribution in [-0.2, 0) is 11.2 Å². The van der Waals surface area contributed by atoms with E-state index in [2.05, 4.69) is 12.2 Å². The maximum atomic E-state index is 13.0. The van der Waals surface area contributed by atoms with Crippen molar-refractivity contribution in [2.75, 3.05) is 0 Å². The molecule has 1 spiro atoms. The fourth-order valence-corrected chi connectivity index (χ4v) is 5.43. The van der Waals surface area contributed by atoms with Crippen LogP contribution in [0, 0.1) is 0 Å². The van der Waals surface area contributed by atoms with Crippen molar-refractivity contribution >= 4 is 46.5 Å². The van der Waals surface area contributed by atoms with Crippen LogP contribution in [0.2, 0.25) is 15.1 Å². The van der Waals surface area contributed by atoms with E-state index in [9.17, 15) is 4.79 Å². The molecular formula is C25H23Cl3N4O. The molecule has 0 unspecified atom stereocenters. The number of amides is 1. The summed E-state index contributed by atoms with van der Waals surface area (Å²) in [6.45, 7) is 2.07. The molecule has 2 aliphatic rings. The third kappa shape index (κ3) is 3.96. The van der Waals surface area contributed by atoms with Gasteiger partial charge in [0, 0.05) is 21.2 Å². The van der Waals surface area contributed by atoms with Crippen molar-refractivity contribution < 1.29 is 4.79 Å². The quantitative estimate of drug-likeness (QED) is 0.435. The Morgan fingerprint density at radius 2 is 1.70 bits per heavy atom. The SMILES string of the molecule is CCc1c(C2=NC3(CCCCC3)C(=O)N2)nn(-c2ccc(Cl)cc2Cl)c1-c1ccc(Cl)cc1. The molecule has 1 saturated carbocycles. The molecule has 1 amide bonds. The summed E-state index contributed by atoms with van der Waals surface area (Å²) in [5.74, 6) is 0.518. The molecule has 3 aromatic rings. The Morgan fingerprint density at radius 1 is 1.00 bits per heavy atom. The molecule has 33 heavy (non-hydrogen) atoms. The number of nitrogens with one attached hydrogen (secondary N) is 1. The maximum absolute atomic E-state index is 13.0. The Balaban J connectivity index is 1.72. The van der Waals surface area contributed by atoms with E-state index >= 15 is 0 Å². The molecule has 1 aromatic heterocycles. The van der Waals surface area contributed by atoms with Gasteiger partial charge in [-0.15, -0.1) is 0 Å². The van der Waals surface area contributed by atoms with E-state index in [0.717, 1.165) is 48.9 Å². The van der Waals surface area contributed by atoms with Gasteiger partial charge in [-0.25, -0.2) is 9.67 Å². The first kappa shape index (κ1) is 22.5. The van der Waals surface area contributed by atoms with Crippen LogP contribution >= 0.6 is 34.8 Å². The van der Waals surface area contributed by atoms with E-state index in [4.69, 9.17) is 44.9 Å². The Labute approximate surface area is 207 Å². The van der Waals surface area contributed by atoms with Crippen molar-refractivity contribution in [2.24, 2.45) is 4.99 Å². The molecule has 1 aliphatic carbocycles. The Morgan fingerprint density at radius 3 is 2.36 bits per heavy atom. The first-order valence-corrected chi connectivity index (χ1v) is 12.3. The molecule has 5 rings (SSSR count). The minimum absolute atomic E-state index is 0.0219. The number of aliphatic imine (C=N–C) groups is 1. The van der Waals surface area contributed by atoms with Crippen LogP contribution < -0.4 is 5.32 Å². The van der Waals surface area contributed by atoms with Gasteiger partial charge in [0.2, 0.25) is 0 Å². The van der Waals surface area contributed by atoms with E-state index in [1.807, 2.05) is 35.0 Å². The molecule has 1 fully saturated rings. The molecule has 0 atom stereocenters. The average molecular weight is 502 g/mol. The summed E-state index contributed by atoms with van der Waals surface area (Å²) in [4.78, 5) is 17.9. The lowest BCUT2D eigenvalue weighted by molar-refractivity contribution is -0.124. The molecule has 2 aromatic carbocycles. The molecule has 1 aliphatic heterocycles. The second kappa shape index (κ2) is 8.79. The van der Waals surface area contributed by atoms with Crippen molar-refractivity contribution in [3.8, 4) is 16.9 Å². The molecule has 170 valence electrons. The van der Waals surface area contributed by atoms with Crippen molar-refractivity contribution in [3.05, 3.63) is 68.8 Å². The van der Waals surface area contributed by atoms with Gasteiger partial charge in [-0.05, 0) is 49.6 Å². The number of aromatic nitrogens is 2. The van der Waals surface area contributed by atoms with Crippen molar-refractivity contribution in [1.82, 2.24) is 15.1 Å². The van der Waals surface area contributed by atoms with E-state index in [1.54, 1.807) is 12.1 Å². The van der Waals surface area contributed by atoms with E-state index < -0.39 is 5.54 Å². The molecule has 0 bridgehead atoms. The topological polar surface area (TPSA) is 59.3 Å². The smallest absolute Gasteiger partial charge is 0.253 e. The summed E-state index contributed by atoms with van der Waals surface area (Å²) in [6, 6.07) is 12.9. The zero-order chi connectivity index (χ0) is 23.2. The highest BCUT2D eigenvalue weighted by atomic mass is 35.5. The zero-order valence-electron chi connectivity index (χ0n) is 18.2. The molecule has 8 heteroatoms. The van der Waals surface area contributed by atoms with Gasteiger partial charge in [0.05, 0.1) is 16.4 Å². The minimum Gasteiger partial charge on any atom is -0.307 e. The predicted octanol–water partition coefficient (Wildman–Crippen LogP) is 6.64. The number of amidine groups is 1. The van der Waals surface area contributed by atoms with Crippen LogP contribution in [0.4, 0.5) is 0 Å². The first-order chi connectivity index (χ1) is 15.9. The van der Waals surface area contributed by atoms with Gasteiger partial charge < -0.3 is 5.32 Å². The lowest BCUT2D eigenvalue weighted by atomic mass is 9.82. The van der Waals surface area contributed by atoms with Gasteiger partial charge in [-0.2, -0.15) is 5.10 Å². The summed E-state index contributed by atoms with van der Waals surface area (Å²) >= 11 is 18.9. The normalized spacial score (nSPS) is 17.3. The van der Waals surface area contributed by atoms with Crippen LogP contribution in [0.3, 0.4) is 0 Å². The van der Waals surface area contributed by atoms with Crippen LogP contribution in [-0.4, -0.2) is 27.1 Å². The van der Waals surface area contributed by atoms with E-state index in [-0.39, 0.29) is 5.91 Å². The van der Waals surface area contributed by atoms with Crippen LogP contribution in [0.15, 0.2) is 47.5 Å². The monoisotopic (exact) mass is 500 g/mol. The van der Waals surface area contributed by atoms with Gasteiger partial charge in [0.1, 0.15) is 11.2 Å².